The van der Waals surface area contributed by atoms with Crippen molar-refractivity contribution in [3.05, 3.63) is 16.1 Å². The largest absolute Gasteiger partial charge is 0.414 e. The number of rotatable bonds is 2. The SMILES string of the molecule is Cc1nc(CC(O)C(F)(F)F)cs1. The summed E-state index contributed by atoms with van der Waals surface area (Å²) in [4.78, 5) is 3.82. The lowest BCUT2D eigenvalue weighted by atomic mass is 10.2. The van der Waals surface area contributed by atoms with Crippen molar-refractivity contribution in [1.82, 2.24) is 4.98 Å². The van der Waals surface area contributed by atoms with E-state index in [1.807, 2.05) is 0 Å². The van der Waals surface area contributed by atoms with Crippen LogP contribution < -0.4 is 0 Å². The maximum Gasteiger partial charge on any atom is 0.414 e. The van der Waals surface area contributed by atoms with Crippen molar-refractivity contribution >= 4 is 11.3 Å². The number of hydrogen-bond acceptors (Lipinski definition) is 3. The second-order valence-electron chi connectivity index (χ2n) is 2.62. The molecule has 1 N–H and O–H groups in total. The number of halogens is 3. The fourth-order valence-electron chi connectivity index (χ4n) is 0.816. The van der Waals surface area contributed by atoms with E-state index in [0.29, 0.717) is 5.01 Å². The molecule has 1 aromatic rings. The highest BCUT2D eigenvalue weighted by Gasteiger charge is 2.38. The Bertz CT molecular complexity index is 284. The fourth-order valence-corrected chi connectivity index (χ4v) is 1.44. The molecule has 0 aliphatic heterocycles. The van der Waals surface area contributed by atoms with E-state index in [9.17, 15) is 13.2 Å². The smallest absolute Gasteiger partial charge is 0.383 e. The van der Waals surface area contributed by atoms with Crippen LogP contribution in [0.5, 0.6) is 0 Å². The summed E-state index contributed by atoms with van der Waals surface area (Å²) in [6, 6.07) is 0. The lowest BCUT2D eigenvalue weighted by molar-refractivity contribution is -0.203. The molecule has 1 unspecified atom stereocenters. The highest BCUT2D eigenvalue weighted by molar-refractivity contribution is 7.09. The maximum atomic E-state index is 11.9. The Morgan fingerprint density at radius 1 is 1.62 bits per heavy atom. The summed E-state index contributed by atoms with van der Waals surface area (Å²) in [6.07, 6.45) is -7.33. The molecule has 2 nitrogen and oxygen atoms in total. The third kappa shape index (κ3) is 2.96. The van der Waals surface area contributed by atoms with E-state index in [1.165, 1.54) is 16.7 Å². The van der Waals surface area contributed by atoms with Gasteiger partial charge < -0.3 is 5.11 Å². The van der Waals surface area contributed by atoms with Gasteiger partial charge in [-0.1, -0.05) is 0 Å². The summed E-state index contributed by atoms with van der Waals surface area (Å²) in [7, 11) is 0. The first-order valence-electron chi connectivity index (χ1n) is 3.55. The quantitative estimate of drug-likeness (QED) is 0.810. The highest BCUT2D eigenvalue weighted by Crippen LogP contribution is 2.23. The number of nitrogens with zero attached hydrogens (tertiary/aromatic N) is 1. The van der Waals surface area contributed by atoms with Gasteiger partial charge in [0.1, 0.15) is 0 Å². The van der Waals surface area contributed by atoms with Crippen molar-refractivity contribution in [2.75, 3.05) is 0 Å². The molecule has 0 aliphatic rings. The average molecular weight is 211 g/mol. The standard InChI is InChI=1S/C7H8F3NOS/c1-4-11-5(3-13-4)2-6(12)7(8,9)10/h3,6,12H,2H2,1H3. The van der Waals surface area contributed by atoms with Crippen LogP contribution in [0, 0.1) is 6.92 Å². The minimum atomic E-state index is -4.56. The molecule has 0 aliphatic carbocycles. The van der Waals surface area contributed by atoms with E-state index in [1.54, 1.807) is 6.92 Å². The van der Waals surface area contributed by atoms with Crippen molar-refractivity contribution in [3.8, 4) is 0 Å². The second kappa shape index (κ2) is 3.63. The van der Waals surface area contributed by atoms with Crippen molar-refractivity contribution in [3.63, 3.8) is 0 Å². The van der Waals surface area contributed by atoms with Gasteiger partial charge in [-0.05, 0) is 6.92 Å². The third-order valence-corrected chi connectivity index (χ3v) is 2.27. The first-order chi connectivity index (χ1) is 5.89. The summed E-state index contributed by atoms with van der Waals surface area (Å²) in [5.41, 5.74) is 0.285. The average Bonchev–Trinajstić information content (AvgIpc) is 2.33. The van der Waals surface area contributed by atoms with Crippen molar-refractivity contribution in [1.29, 1.82) is 0 Å². The lowest BCUT2D eigenvalue weighted by Crippen LogP contribution is -2.30. The Balaban J connectivity index is 2.60. The number of alkyl halides is 3. The molecule has 0 radical (unpaired) electrons. The van der Waals surface area contributed by atoms with E-state index in [0.717, 1.165) is 0 Å². The van der Waals surface area contributed by atoms with E-state index in [4.69, 9.17) is 5.11 Å². The fraction of sp³-hybridized carbons (Fsp3) is 0.571. The number of aromatic nitrogens is 1. The Labute approximate surface area is 77.0 Å². The molecule has 13 heavy (non-hydrogen) atoms. The highest BCUT2D eigenvalue weighted by atomic mass is 32.1. The molecule has 74 valence electrons. The van der Waals surface area contributed by atoms with Crippen LogP contribution in [-0.4, -0.2) is 22.4 Å². The second-order valence-corrected chi connectivity index (χ2v) is 3.68. The topological polar surface area (TPSA) is 33.1 Å². The van der Waals surface area contributed by atoms with E-state index < -0.39 is 18.7 Å². The van der Waals surface area contributed by atoms with Gasteiger partial charge >= 0.3 is 6.18 Å². The molecule has 1 atom stereocenters. The van der Waals surface area contributed by atoms with Crippen LogP contribution in [0.25, 0.3) is 0 Å². The summed E-state index contributed by atoms with van der Waals surface area (Å²) < 4.78 is 35.6. The lowest BCUT2D eigenvalue weighted by Gasteiger charge is -2.12. The molecular weight excluding hydrogens is 203 g/mol. The van der Waals surface area contributed by atoms with Crippen LogP contribution in [0.4, 0.5) is 13.2 Å². The zero-order valence-corrected chi connectivity index (χ0v) is 7.61. The summed E-state index contributed by atoms with van der Waals surface area (Å²) in [5.74, 6) is 0. The van der Waals surface area contributed by atoms with Gasteiger partial charge in [0.25, 0.3) is 0 Å². The Kier molecular flexibility index (Phi) is 2.92. The monoisotopic (exact) mass is 211 g/mol. The summed E-state index contributed by atoms with van der Waals surface area (Å²) >= 11 is 1.27. The van der Waals surface area contributed by atoms with Gasteiger partial charge in [0.05, 0.1) is 10.7 Å². The maximum absolute atomic E-state index is 11.9. The predicted molar refractivity (Wildman–Crippen MR) is 42.6 cm³/mol. The number of aliphatic hydroxyl groups excluding tert-OH is 1. The van der Waals surface area contributed by atoms with Crippen LogP contribution >= 0.6 is 11.3 Å². The molecule has 0 spiro atoms. The molecule has 0 saturated heterocycles. The van der Waals surface area contributed by atoms with Crippen molar-refractivity contribution < 1.29 is 18.3 Å². The van der Waals surface area contributed by atoms with Gasteiger partial charge in [-0.2, -0.15) is 13.2 Å². The number of aryl methyl sites for hydroxylation is 1. The number of aliphatic hydroxyl groups is 1. The van der Waals surface area contributed by atoms with Gasteiger partial charge in [-0.15, -0.1) is 11.3 Å². The summed E-state index contributed by atoms with van der Waals surface area (Å²) in [6.45, 7) is 1.70. The molecule has 0 saturated carbocycles. The molecule has 1 heterocycles. The Morgan fingerprint density at radius 2 is 2.23 bits per heavy atom. The first kappa shape index (κ1) is 10.5. The van der Waals surface area contributed by atoms with E-state index in [-0.39, 0.29) is 5.69 Å². The summed E-state index contributed by atoms with van der Waals surface area (Å²) in [5, 5.41) is 10.9. The number of thiazole rings is 1. The molecule has 1 aromatic heterocycles. The van der Waals surface area contributed by atoms with E-state index in [2.05, 4.69) is 4.98 Å². The molecule has 0 bridgehead atoms. The molecule has 0 aromatic carbocycles. The van der Waals surface area contributed by atoms with Gasteiger partial charge in [-0.3, -0.25) is 0 Å². The predicted octanol–water partition coefficient (Wildman–Crippen LogP) is 1.92. The third-order valence-electron chi connectivity index (χ3n) is 1.45. The Morgan fingerprint density at radius 3 is 2.62 bits per heavy atom. The molecular formula is C7H8F3NOS. The van der Waals surface area contributed by atoms with Crippen LogP contribution in [0.2, 0.25) is 0 Å². The van der Waals surface area contributed by atoms with Crippen molar-refractivity contribution in [2.45, 2.75) is 25.6 Å². The van der Waals surface area contributed by atoms with Gasteiger partial charge in [0.15, 0.2) is 6.10 Å². The minimum Gasteiger partial charge on any atom is -0.383 e. The van der Waals surface area contributed by atoms with Crippen LogP contribution in [0.15, 0.2) is 5.38 Å². The number of hydrogen-bond donors (Lipinski definition) is 1. The van der Waals surface area contributed by atoms with Gasteiger partial charge in [0, 0.05) is 11.8 Å². The molecule has 0 amide bonds. The van der Waals surface area contributed by atoms with E-state index >= 15 is 0 Å². The Hall–Kier alpha value is -0.620. The normalized spacial score (nSPS) is 14.5. The molecule has 6 heteroatoms. The van der Waals surface area contributed by atoms with Crippen molar-refractivity contribution in [2.24, 2.45) is 0 Å². The van der Waals surface area contributed by atoms with Crippen LogP contribution in [0.3, 0.4) is 0 Å². The zero-order chi connectivity index (χ0) is 10.1. The zero-order valence-electron chi connectivity index (χ0n) is 6.80. The van der Waals surface area contributed by atoms with Crippen LogP contribution in [0.1, 0.15) is 10.7 Å². The molecule has 1 rings (SSSR count). The first-order valence-corrected chi connectivity index (χ1v) is 4.43. The van der Waals surface area contributed by atoms with Gasteiger partial charge in [-0.25, -0.2) is 4.98 Å². The van der Waals surface area contributed by atoms with Crippen LogP contribution in [-0.2, 0) is 6.42 Å². The minimum absolute atomic E-state index is 0.285. The van der Waals surface area contributed by atoms with Gasteiger partial charge in [0.2, 0.25) is 0 Å². The molecule has 0 fully saturated rings.